The Balaban J connectivity index is 1.79. The number of hydrogen-bond acceptors (Lipinski definition) is 1. The van der Waals surface area contributed by atoms with Crippen molar-refractivity contribution in [3.63, 3.8) is 0 Å². The highest BCUT2D eigenvalue weighted by Gasteiger charge is 2.12. The van der Waals surface area contributed by atoms with E-state index in [1.807, 2.05) is 41.1 Å². The fourth-order valence-corrected chi connectivity index (χ4v) is 2.66. The van der Waals surface area contributed by atoms with Crippen LogP contribution in [0.4, 0.5) is 0 Å². The quantitative estimate of drug-likeness (QED) is 0.736. The van der Waals surface area contributed by atoms with Crippen molar-refractivity contribution in [2.24, 2.45) is 0 Å². The molecule has 0 spiro atoms. The van der Waals surface area contributed by atoms with Crippen LogP contribution in [0.3, 0.4) is 0 Å². The van der Waals surface area contributed by atoms with Crippen LogP contribution >= 0.6 is 0 Å². The first kappa shape index (κ1) is 12.8. The zero-order valence-electron chi connectivity index (χ0n) is 11.7. The number of benzene rings is 2. The minimum absolute atomic E-state index is 0.280. The van der Waals surface area contributed by atoms with Crippen LogP contribution in [0, 0.1) is 0 Å². The van der Waals surface area contributed by atoms with E-state index >= 15 is 0 Å². The summed E-state index contributed by atoms with van der Waals surface area (Å²) >= 11 is 0. The largest absolute Gasteiger partial charge is 0.494 e. The summed E-state index contributed by atoms with van der Waals surface area (Å²) in [5, 5.41) is 12.3. The predicted octanol–water partition coefficient (Wildman–Crippen LogP) is 4.54. The lowest BCUT2D eigenvalue weighted by Crippen LogP contribution is -2.04. The number of aromatic hydroxyl groups is 1. The molecule has 0 amide bonds. The number of rotatable bonds is 4. The van der Waals surface area contributed by atoms with Crippen LogP contribution in [0.15, 0.2) is 60.8 Å². The SMILES string of the molecule is CC(CCc1ccccc1)n1cc2ccccc2c1O. The Morgan fingerprint density at radius 3 is 2.45 bits per heavy atom. The second kappa shape index (κ2) is 5.41. The molecule has 0 aliphatic rings. The Hall–Kier alpha value is -2.22. The smallest absolute Gasteiger partial charge is 0.199 e. The van der Waals surface area contributed by atoms with Gasteiger partial charge in [0.25, 0.3) is 0 Å². The maximum atomic E-state index is 10.3. The molecule has 2 heteroatoms. The second-order valence-electron chi connectivity index (χ2n) is 5.32. The summed E-state index contributed by atoms with van der Waals surface area (Å²) in [7, 11) is 0. The molecule has 102 valence electrons. The van der Waals surface area contributed by atoms with Gasteiger partial charge < -0.3 is 9.67 Å². The Labute approximate surface area is 119 Å². The van der Waals surface area contributed by atoms with E-state index in [1.165, 1.54) is 5.56 Å². The lowest BCUT2D eigenvalue weighted by atomic mass is 10.1. The first-order valence-electron chi connectivity index (χ1n) is 7.08. The topological polar surface area (TPSA) is 25.2 Å². The van der Waals surface area contributed by atoms with Gasteiger partial charge >= 0.3 is 0 Å². The van der Waals surface area contributed by atoms with E-state index in [1.54, 1.807) is 0 Å². The molecule has 1 unspecified atom stereocenters. The Kier molecular flexibility index (Phi) is 3.46. The van der Waals surface area contributed by atoms with Crippen molar-refractivity contribution in [3.8, 4) is 5.88 Å². The Morgan fingerprint density at radius 2 is 1.70 bits per heavy atom. The molecule has 0 aliphatic carbocycles. The summed E-state index contributed by atoms with van der Waals surface area (Å²) in [5.74, 6) is 0.376. The molecule has 2 nitrogen and oxygen atoms in total. The molecule has 2 aromatic carbocycles. The predicted molar refractivity (Wildman–Crippen MR) is 83.1 cm³/mol. The highest BCUT2D eigenvalue weighted by Crippen LogP contribution is 2.31. The third kappa shape index (κ3) is 2.42. The van der Waals surface area contributed by atoms with Gasteiger partial charge in [-0.1, -0.05) is 48.5 Å². The van der Waals surface area contributed by atoms with Crippen LogP contribution in [0.25, 0.3) is 10.8 Å². The minimum Gasteiger partial charge on any atom is -0.494 e. The number of aryl methyl sites for hydroxylation is 1. The van der Waals surface area contributed by atoms with Crippen LogP contribution in [-0.2, 0) is 6.42 Å². The Morgan fingerprint density at radius 1 is 1.00 bits per heavy atom. The first-order valence-corrected chi connectivity index (χ1v) is 7.08. The van der Waals surface area contributed by atoms with Gasteiger partial charge in [0, 0.05) is 23.0 Å². The van der Waals surface area contributed by atoms with Gasteiger partial charge in [-0.2, -0.15) is 0 Å². The summed E-state index contributed by atoms with van der Waals surface area (Å²) in [6.07, 6.45) is 4.08. The van der Waals surface area contributed by atoms with Crippen LogP contribution < -0.4 is 0 Å². The minimum atomic E-state index is 0.280. The highest BCUT2D eigenvalue weighted by molar-refractivity contribution is 5.87. The molecule has 1 atom stereocenters. The lowest BCUT2D eigenvalue weighted by Gasteiger charge is -2.14. The van der Waals surface area contributed by atoms with Crippen molar-refractivity contribution in [2.45, 2.75) is 25.8 Å². The van der Waals surface area contributed by atoms with Crippen molar-refractivity contribution >= 4 is 10.8 Å². The summed E-state index contributed by atoms with van der Waals surface area (Å²) in [5.41, 5.74) is 1.34. The van der Waals surface area contributed by atoms with Crippen molar-refractivity contribution in [3.05, 3.63) is 66.4 Å². The summed E-state index contributed by atoms with van der Waals surface area (Å²) in [4.78, 5) is 0. The van der Waals surface area contributed by atoms with E-state index in [2.05, 4.69) is 31.2 Å². The molecule has 3 aromatic rings. The van der Waals surface area contributed by atoms with Gasteiger partial charge in [-0.05, 0) is 31.4 Å². The number of fused-ring (bicyclic) bond motifs is 1. The average molecular weight is 265 g/mol. The molecule has 20 heavy (non-hydrogen) atoms. The van der Waals surface area contributed by atoms with Gasteiger partial charge in [-0.3, -0.25) is 0 Å². The van der Waals surface area contributed by atoms with Gasteiger partial charge in [0.05, 0.1) is 0 Å². The molecule has 0 bridgehead atoms. The van der Waals surface area contributed by atoms with Gasteiger partial charge in [0.1, 0.15) is 0 Å². The molecule has 1 aromatic heterocycles. The summed E-state index contributed by atoms with van der Waals surface area (Å²) < 4.78 is 1.98. The van der Waals surface area contributed by atoms with Crippen molar-refractivity contribution in [1.82, 2.24) is 4.57 Å². The van der Waals surface area contributed by atoms with Crippen LogP contribution in [0.2, 0.25) is 0 Å². The van der Waals surface area contributed by atoms with Crippen molar-refractivity contribution < 1.29 is 5.11 Å². The molecule has 1 heterocycles. The molecular weight excluding hydrogens is 246 g/mol. The number of hydrogen-bond donors (Lipinski definition) is 1. The molecular formula is C18H19NO. The van der Waals surface area contributed by atoms with E-state index in [0.717, 1.165) is 23.6 Å². The summed E-state index contributed by atoms with van der Waals surface area (Å²) in [6, 6.07) is 18.7. The number of aromatic nitrogens is 1. The lowest BCUT2D eigenvalue weighted by molar-refractivity contribution is 0.386. The van der Waals surface area contributed by atoms with E-state index in [-0.39, 0.29) is 6.04 Å². The molecule has 0 radical (unpaired) electrons. The zero-order valence-corrected chi connectivity index (χ0v) is 11.7. The first-order chi connectivity index (χ1) is 9.75. The standard InChI is InChI=1S/C18H19NO/c1-14(11-12-15-7-3-2-4-8-15)19-13-16-9-5-6-10-17(16)18(19)20/h2-10,13-14,20H,11-12H2,1H3. The monoisotopic (exact) mass is 265 g/mol. The van der Waals surface area contributed by atoms with E-state index < -0.39 is 0 Å². The molecule has 0 fully saturated rings. The summed E-state index contributed by atoms with van der Waals surface area (Å²) in [6.45, 7) is 2.15. The normalized spacial score (nSPS) is 12.7. The molecule has 0 aliphatic heterocycles. The maximum absolute atomic E-state index is 10.3. The van der Waals surface area contributed by atoms with Gasteiger partial charge in [-0.15, -0.1) is 0 Å². The van der Waals surface area contributed by atoms with Crippen LogP contribution in [-0.4, -0.2) is 9.67 Å². The van der Waals surface area contributed by atoms with Crippen molar-refractivity contribution in [1.29, 1.82) is 0 Å². The third-order valence-corrected chi connectivity index (χ3v) is 3.89. The van der Waals surface area contributed by atoms with E-state index in [9.17, 15) is 5.11 Å². The molecule has 0 saturated carbocycles. The third-order valence-electron chi connectivity index (χ3n) is 3.89. The fourth-order valence-electron chi connectivity index (χ4n) is 2.66. The average Bonchev–Trinajstić information content (AvgIpc) is 2.84. The second-order valence-corrected chi connectivity index (χ2v) is 5.32. The van der Waals surface area contributed by atoms with Crippen LogP contribution in [0.1, 0.15) is 24.9 Å². The molecule has 1 N–H and O–H groups in total. The highest BCUT2D eigenvalue weighted by atomic mass is 16.3. The van der Waals surface area contributed by atoms with Gasteiger partial charge in [0.2, 0.25) is 0 Å². The Bertz CT molecular complexity index is 700. The van der Waals surface area contributed by atoms with Gasteiger partial charge in [-0.25, -0.2) is 0 Å². The fraction of sp³-hybridized carbons (Fsp3) is 0.222. The maximum Gasteiger partial charge on any atom is 0.199 e. The van der Waals surface area contributed by atoms with Gasteiger partial charge in [0.15, 0.2) is 5.88 Å². The van der Waals surface area contributed by atoms with Crippen molar-refractivity contribution in [2.75, 3.05) is 0 Å². The zero-order chi connectivity index (χ0) is 13.9. The van der Waals surface area contributed by atoms with Crippen LogP contribution in [0.5, 0.6) is 5.88 Å². The number of nitrogens with zero attached hydrogens (tertiary/aromatic N) is 1. The molecule has 3 rings (SSSR count). The van der Waals surface area contributed by atoms with E-state index in [0.29, 0.717) is 5.88 Å². The van der Waals surface area contributed by atoms with E-state index in [4.69, 9.17) is 0 Å². The molecule has 0 saturated heterocycles.